The number of aromatic nitrogens is 2. The minimum Gasteiger partial charge on any atom is -0.388 e. The zero-order valence-electron chi connectivity index (χ0n) is 10.4. The van der Waals surface area contributed by atoms with E-state index in [0.29, 0.717) is 12.0 Å². The molecule has 19 heavy (non-hydrogen) atoms. The molecule has 2 aromatic rings. The molecule has 1 aromatic heterocycles. The van der Waals surface area contributed by atoms with Crippen molar-refractivity contribution in [2.24, 2.45) is 5.92 Å². The molecule has 0 bridgehead atoms. The number of Topliss-reactive ketones (excluding diaryl/α,β-unsaturated/α-hetero) is 1. The number of benzene rings is 1. The topological polar surface area (TPSA) is 63.1 Å². The van der Waals surface area contributed by atoms with Gasteiger partial charge in [0.2, 0.25) is 0 Å². The van der Waals surface area contributed by atoms with Crippen molar-refractivity contribution in [2.45, 2.75) is 18.9 Å². The Hall–Kier alpha value is -2.07. The van der Waals surface area contributed by atoms with Crippen LogP contribution in [0.4, 0.5) is 0 Å². The van der Waals surface area contributed by atoms with Gasteiger partial charge in [-0.25, -0.2) is 0 Å². The fourth-order valence-electron chi connectivity index (χ4n) is 2.63. The molecule has 0 aliphatic heterocycles. The first-order valence-electron chi connectivity index (χ1n) is 6.34. The number of carbonyl (C=O) groups excluding carboxylic acids is 1. The lowest BCUT2D eigenvalue weighted by Gasteiger charge is -2.27. The average Bonchev–Trinajstić information content (AvgIpc) is 2.48. The molecule has 2 atom stereocenters. The van der Waals surface area contributed by atoms with Gasteiger partial charge >= 0.3 is 0 Å². The maximum absolute atomic E-state index is 12.4. The van der Waals surface area contributed by atoms with Gasteiger partial charge in [-0.2, -0.15) is 10.2 Å². The highest BCUT2D eigenvalue weighted by atomic mass is 16.3. The number of rotatable bonds is 2. The summed E-state index contributed by atoms with van der Waals surface area (Å²) < 4.78 is 0. The molecule has 4 heteroatoms. The SMILES string of the molecule is O=C1c2ccccc2CC[C@H]1[C@H](O)c1ccnnc1. The van der Waals surface area contributed by atoms with Crippen LogP contribution in [0.3, 0.4) is 0 Å². The molecule has 3 rings (SSSR count). The zero-order valence-corrected chi connectivity index (χ0v) is 10.4. The summed E-state index contributed by atoms with van der Waals surface area (Å²) in [6.07, 6.45) is 3.72. The van der Waals surface area contributed by atoms with Crippen molar-refractivity contribution in [3.63, 3.8) is 0 Å². The van der Waals surface area contributed by atoms with Crippen molar-refractivity contribution in [1.82, 2.24) is 10.2 Å². The Morgan fingerprint density at radius 1 is 1.21 bits per heavy atom. The van der Waals surface area contributed by atoms with E-state index in [9.17, 15) is 9.90 Å². The Kier molecular flexibility index (Phi) is 3.09. The van der Waals surface area contributed by atoms with Crippen LogP contribution in [0.2, 0.25) is 0 Å². The minimum absolute atomic E-state index is 0.0196. The molecule has 96 valence electrons. The summed E-state index contributed by atoms with van der Waals surface area (Å²) >= 11 is 0. The third-order valence-electron chi connectivity index (χ3n) is 3.67. The molecule has 0 unspecified atom stereocenters. The van der Waals surface area contributed by atoms with Crippen LogP contribution >= 0.6 is 0 Å². The highest BCUT2D eigenvalue weighted by Gasteiger charge is 2.33. The third kappa shape index (κ3) is 2.15. The van der Waals surface area contributed by atoms with Crippen LogP contribution in [0.1, 0.15) is 34.0 Å². The predicted molar refractivity (Wildman–Crippen MR) is 69.6 cm³/mol. The summed E-state index contributed by atoms with van der Waals surface area (Å²) in [5.41, 5.74) is 2.45. The van der Waals surface area contributed by atoms with Crippen LogP contribution in [-0.4, -0.2) is 21.1 Å². The van der Waals surface area contributed by atoms with E-state index in [4.69, 9.17) is 0 Å². The van der Waals surface area contributed by atoms with Gasteiger partial charge in [-0.05, 0) is 24.5 Å². The van der Waals surface area contributed by atoms with Crippen molar-refractivity contribution in [1.29, 1.82) is 0 Å². The molecule has 1 N–H and O–H groups in total. The number of hydrogen-bond donors (Lipinski definition) is 1. The van der Waals surface area contributed by atoms with Crippen LogP contribution in [0.15, 0.2) is 42.7 Å². The number of aryl methyl sites for hydroxylation is 1. The second kappa shape index (κ2) is 4.90. The Bertz CT molecular complexity index is 598. The van der Waals surface area contributed by atoms with Gasteiger partial charge in [-0.15, -0.1) is 0 Å². The molecule has 0 radical (unpaired) electrons. The van der Waals surface area contributed by atoms with Crippen LogP contribution in [-0.2, 0) is 6.42 Å². The van der Waals surface area contributed by atoms with Crippen LogP contribution < -0.4 is 0 Å². The number of fused-ring (bicyclic) bond motifs is 1. The Morgan fingerprint density at radius 3 is 2.84 bits per heavy atom. The smallest absolute Gasteiger partial charge is 0.169 e. The molecule has 0 amide bonds. The van der Waals surface area contributed by atoms with Gasteiger partial charge in [0.1, 0.15) is 0 Å². The minimum atomic E-state index is -0.809. The van der Waals surface area contributed by atoms with Crippen molar-refractivity contribution in [3.8, 4) is 0 Å². The first-order chi connectivity index (χ1) is 9.27. The second-order valence-electron chi connectivity index (χ2n) is 4.79. The van der Waals surface area contributed by atoms with Gasteiger partial charge in [0.05, 0.1) is 18.2 Å². The molecule has 1 heterocycles. The first kappa shape index (κ1) is 12.0. The number of hydrogen-bond acceptors (Lipinski definition) is 4. The van der Waals surface area contributed by atoms with Crippen LogP contribution in [0.25, 0.3) is 0 Å². The van der Waals surface area contributed by atoms with Gasteiger partial charge in [0, 0.05) is 17.3 Å². The molecule has 0 fully saturated rings. The lowest BCUT2D eigenvalue weighted by molar-refractivity contribution is 0.0636. The summed E-state index contributed by atoms with van der Waals surface area (Å²) in [5.74, 6) is -0.370. The van der Waals surface area contributed by atoms with Gasteiger partial charge < -0.3 is 5.11 Å². The molecule has 1 aliphatic rings. The number of aliphatic hydroxyl groups is 1. The molecular formula is C15H14N2O2. The quantitative estimate of drug-likeness (QED) is 0.889. The number of ketones is 1. The van der Waals surface area contributed by atoms with E-state index in [2.05, 4.69) is 10.2 Å². The van der Waals surface area contributed by atoms with E-state index >= 15 is 0 Å². The maximum atomic E-state index is 12.4. The third-order valence-corrected chi connectivity index (χ3v) is 3.67. The van der Waals surface area contributed by atoms with Gasteiger partial charge in [0.25, 0.3) is 0 Å². The Morgan fingerprint density at radius 2 is 2.05 bits per heavy atom. The normalized spacial score (nSPS) is 19.8. The van der Waals surface area contributed by atoms with Gasteiger partial charge in [-0.1, -0.05) is 24.3 Å². The molecule has 1 aromatic carbocycles. The molecule has 0 spiro atoms. The number of nitrogens with zero attached hydrogens (tertiary/aromatic N) is 2. The highest BCUT2D eigenvalue weighted by molar-refractivity contribution is 6.00. The molecular weight excluding hydrogens is 240 g/mol. The summed E-state index contributed by atoms with van der Waals surface area (Å²) in [7, 11) is 0. The lowest BCUT2D eigenvalue weighted by atomic mass is 9.78. The van der Waals surface area contributed by atoms with Gasteiger partial charge in [0.15, 0.2) is 5.78 Å². The Labute approximate surface area is 111 Å². The van der Waals surface area contributed by atoms with E-state index in [1.807, 2.05) is 24.3 Å². The van der Waals surface area contributed by atoms with E-state index < -0.39 is 6.10 Å². The van der Waals surface area contributed by atoms with Crippen molar-refractivity contribution in [3.05, 3.63) is 59.4 Å². The number of aliphatic hydroxyl groups excluding tert-OH is 1. The van der Waals surface area contributed by atoms with Crippen LogP contribution in [0, 0.1) is 5.92 Å². The summed E-state index contributed by atoms with van der Waals surface area (Å²) in [6.45, 7) is 0. The number of carbonyl (C=O) groups is 1. The van der Waals surface area contributed by atoms with E-state index in [1.54, 1.807) is 6.07 Å². The molecule has 0 saturated carbocycles. The van der Waals surface area contributed by atoms with Crippen molar-refractivity contribution >= 4 is 5.78 Å². The summed E-state index contributed by atoms with van der Waals surface area (Å²) in [6, 6.07) is 9.31. The van der Waals surface area contributed by atoms with Gasteiger partial charge in [-0.3, -0.25) is 4.79 Å². The maximum Gasteiger partial charge on any atom is 0.169 e. The fourth-order valence-corrected chi connectivity index (χ4v) is 2.63. The summed E-state index contributed by atoms with van der Waals surface area (Å²) in [5, 5.41) is 17.8. The Balaban J connectivity index is 1.90. The van der Waals surface area contributed by atoms with E-state index in [1.165, 1.54) is 12.4 Å². The van der Waals surface area contributed by atoms with E-state index in [0.717, 1.165) is 17.5 Å². The standard InChI is InChI=1S/C15H14N2O2/c18-14(11-7-8-16-17-9-11)13-6-5-10-3-1-2-4-12(10)15(13)19/h1-4,7-9,13-14,18H,5-6H2/t13-,14+/m0/s1. The van der Waals surface area contributed by atoms with E-state index in [-0.39, 0.29) is 11.7 Å². The molecule has 4 nitrogen and oxygen atoms in total. The fraction of sp³-hybridized carbons (Fsp3) is 0.267. The monoisotopic (exact) mass is 254 g/mol. The molecule has 1 aliphatic carbocycles. The summed E-state index contributed by atoms with van der Waals surface area (Å²) in [4.78, 5) is 12.4. The average molecular weight is 254 g/mol. The van der Waals surface area contributed by atoms with Crippen molar-refractivity contribution in [2.75, 3.05) is 0 Å². The first-order valence-corrected chi connectivity index (χ1v) is 6.34. The predicted octanol–water partition coefficient (Wildman–Crippen LogP) is 1.96. The largest absolute Gasteiger partial charge is 0.388 e. The van der Waals surface area contributed by atoms with Crippen molar-refractivity contribution < 1.29 is 9.90 Å². The zero-order chi connectivity index (χ0) is 13.2. The molecule has 0 saturated heterocycles. The van der Waals surface area contributed by atoms with Crippen LogP contribution in [0.5, 0.6) is 0 Å². The highest BCUT2D eigenvalue weighted by Crippen LogP contribution is 2.33. The second-order valence-corrected chi connectivity index (χ2v) is 4.79. The lowest BCUT2D eigenvalue weighted by Crippen LogP contribution is -2.28.